The molecule has 2 heteroatoms. The molecule has 0 spiro atoms. The van der Waals surface area contributed by atoms with E-state index in [-0.39, 0.29) is 0 Å². The van der Waals surface area contributed by atoms with Crippen molar-refractivity contribution >= 4 is 71.3 Å². The molecule has 0 aliphatic heterocycles. The van der Waals surface area contributed by atoms with Crippen LogP contribution in [0.25, 0.3) is 87.6 Å². The van der Waals surface area contributed by atoms with E-state index in [2.05, 4.69) is 217 Å². The van der Waals surface area contributed by atoms with Crippen molar-refractivity contribution in [2.24, 2.45) is 0 Å². The molecule has 0 atom stereocenters. The van der Waals surface area contributed by atoms with Crippen LogP contribution in [0.4, 0.5) is 17.1 Å². The maximum atomic E-state index is 6.93. The highest BCUT2D eigenvalue weighted by atomic mass is 16.3. The third kappa shape index (κ3) is 5.26. The predicted molar refractivity (Wildman–Crippen MR) is 237 cm³/mol. The molecule has 0 amide bonds. The summed E-state index contributed by atoms with van der Waals surface area (Å²) in [7, 11) is 0. The fourth-order valence-corrected chi connectivity index (χ4v) is 8.63. The summed E-state index contributed by atoms with van der Waals surface area (Å²) >= 11 is 0. The van der Waals surface area contributed by atoms with Gasteiger partial charge in [0.2, 0.25) is 0 Å². The second-order valence-corrected chi connectivity index (χ2v) is 14.5. The van der Waals surface area contributed by atoms with Crippen molar-refractivity contribution in [2.45, 2.75) is 0 Å². The van der Waals surface area contributed by atoms with E-state index < -0.39 is 0 Å². The smallest absolute Gasteiger partial charge is 0.145 e. The molecule has 0 saturated carbocycles. The lowest BCUT2D eigenvalue weighted by molar-refractivity contribution is 0.670. The Morgan fingerprint density at radius 3 is 1.75 bits per heavy atom. The quantitative estimate of drug-likeness (QED) is 0.160. The minimum atomic E-state index is 0.867. The van der Waals surface area contributed by atoms with Crippen LogP contribution in [0, 0.1) is 0 Å². The van der Waals surface area contributed by atoms with Gasteiger partial charge in [0.25, 0.3) is 0 Å². The van der Waals surface area contributed by atoms with Gasteiger partial charge in [-0.2, -0.15) is 0 Å². The van der Waals surface area contributed by atoms with Crippen molar-refractivity contribution in [1.82, 2.24) is 0 Å². The summed E-state index contributed by atoms with van der Waals surface area (Å²) in [6.07, 6.45) is 0. The van der Waals surface area contributed by atoms with Crippen LogP contribution in [-0.2, 0) is 0 Å². The van der Waals surface area contributed by atoms with Gasteiger partial charge in [0.15, 0.2) is 0 Å². The molecule has 1 aromatic heterocycles. The van der Waals surface area contributed by atoms with E-state index in [1.807, 2.05) is 0 Å². The lowest BCUT2D eigenvalue weighted by atomic mass is 9.94. The van der Waals surface area contributed by atoms with E-state index in [0.717, 1.165) is 55.7 Å². The average molecular weight is 714 g/mol. The first-order chi connectivity index (χ1) is 27.8. The summed E-state index contributed by atoms with van der Waals surface area (Å²) in [4.78, 5) is 2.45. The van der Waals surface area contributed by atoms with Crippen molar-refractivity contribution in [2.75, 3.05) is 4.90 Å². The third-order valence-corrected chi connectivity index (χ3v) is 11.2. The van der Waals surface area contributed by atoms with E-state index in [9.17, 15) is 0 Å². The Morgan fingerprint density at radius 1 is 0.321 bits per heavy atom. The normalized spacial score (nSPS) is 11.6. The van der Waals surface area contributed by atoms with Crippen molar-refractivity contribution in [3.05, 3.63) is 212 Å². The maximum absolute atomic E-state index is 6.93. The van der Waals surface area contributed by atoms with Crippen LogP contribution in [0.1, 0.15) is 0 Å². The molecule has 11 rings (SSSR count). The van der Waals surface area contributed by atoms with Gasteiger partial charge in [-0.3, -0.25) is 0 Å². The monoisotopic (exact) mass is 713 g/mol. The zero-order chi connectivity index (χ0) is 37.0. The van der Waals surface area contributed by atoms with Gasteiger partial charge in [-0.05, 0) is 97.2 Å². The molecule has 0 aliphatic carbocycles. The second kappa shape index (κ2) is 13.2. The van der Waals surface area contributed by atoms with E-state index in [1.165, 1.54) is 49.0 Å². The van der Waals surface area contributed by atoms with Crippen LogP contribution in [-0.4, -0.2) is 0 Å². The Hall–Kier alpha value is -7.42. The highest BCUT2D eigenvalue weighted by molar-refractivity contribution is 6.21. The zero-order valence-corrected chi connectivity index (χ0v) is 30.6. The molecule has 56 heavy (non-hydrogen) atoms. The number of anilines is 3. The third-order valence-electron chi connectivity index (χ3n) is 11.2. The van der Waals surface area contributed by atoms with E-state index in [4.69, 9.17) is 4.42 Å². The first kappa shape index (κ1) is 32.0. The van der Waals surface area contributed by atoms with Gasteiger partial charge < -0.3 is 9.32 Å². The molecule has 0 unspecified atom stereocenters. The second-order valence-electron chi connectivity index (χ2n) is 14.5. The topological polar surface area (TPSA) is 16.4 Å². The number of fused-ring (bicyclic) bond motifs is 7. The van der Waals surface area contributed by atoms with Gasteiger partial charge in [0, 0.05) is 22.0 Å². The highest BCUT2D eigenvalue weighted by Crippen LogP contribution is 2.49. The summed E-state index contributed by atoms with van der Waals surface area (Å²) in [5, 5.41) is 9.41. The summed E-state index contributed by atoms with van der Waals surface area (Å²) in [5.41, 5.74) is 11.9. The SMILES string of the molecule is c1ccc(-c2cccc(-c3cccc(N(c4cc5ccccc5c5ccccc45)c4ccc(-c5cccc6ccccc56)c5oc6ccccc6c45)c3)c2)cc1. The highest BCUT2D eigenvalue weighted by Gasteiger charge is 2.24. The molecule has 11 aromatic rings. The predicted octanol–water partition coefficient (Wildman–Crippen LogP) is 15.5. The van der Waals surface area contributed by atoms with Crippen molar-refractivity contribution in [3.63, 3.8) is 0 Å². The van der Waals surface area contributed by atoms with Crippen molar-refractivity contribution < 1.29 is 4.42 Å². The summed E-state index contributed by atoms with van der Waals surface area (Å²) in [6.45, 7) is 0. The summed E-state index contributed by atoms with van der Waals surface area (Å²) in [5.74, 6) is 0. The average Bonchev–Trinajstić information content (AvgIpc) is 3.67. The van der Waals surface area contributed by atoms with Gasteiger partial charge in [-0.15, -0.1) is 0 Å². The van der Waals surface area contributed by atoms with E-state index in [0.29, 0.717) is 0 Å². The van der Waals surface area contributed by atoms with Crippen LogP contribution in [0.15, 0.2) is 217 Å². The van der Waals surface area contributed by atoms with Gasteiger partial charge in [0.05, 0.1) is 16.8 Å². The number of rotatable bonds is 6. The zero-order valence-electron chi connectivity index (χ0n) is 30.6. The molecule has 1 heterocycles. The Balaban J connectivity index is 1.21. The van der Waals surface area contributed by atoms with Crippen molar-refractivity contribution in [3.8, 4) is 33.4 Å². The van der Waals surface area contributed by atoms with Gasteiger partial charge in [-0.1, -0.05) is 170 Å². The van der Waals surface area contributed by atoms with Crippen LogP contribution < -0.4 is 4.90 Å². The number of para-hydroxylation sites is 1. The Bertz CT molecular complexity index is 3260. The van der Waals surface area contributed by atoms with Crippen LogP contribution in [0.2, 0.25) is 0 Å². The molecular weight excluding hydrogens is 679 g/mol. The molecule has 0 bridgehead atoms. The summed E-state index contributed by atoms with van der Waals surface area (Å²) in [6, 6.07) is 76.4. The number of hydrogen-bond acceptors (Lipinski definition) is 2. The van der Waals surface area contributed by atoms with Crippen LogP contribution in [0.3, 0.4) is 0 Å². The molecular formula is C54H35NO. The molecule has 0 radical (unpaired) electrons. The lowest BCUT2D eigenvalue weighted by Crippen LogP contribution is -2.11. The standard InChI is InChI=1S/C54H35NO/c1-2-15-36(16-3-1)38-20-12-21-39(33-38)40-22-13-23-42(34-40)55(51-35-41-18-5-7-25-44(41)45-26-8-9-27-47(45)51)50-32-31-48(46-29-14-19-37-17-4-6-24-43(37)46)54-53(50)49-28-10-11-30-52(49)56-54/h1-35H. The Labute approximate surface area is 325 Å². The van der Waals surface area contributed by atoms with Crippen LogP contribution >= 0.6 is 0 Å². The molecule has 2 nitrogen and oxygen atoms in total. The lowest BCUT2D eigenvalue weighted by Gasteiger charge is -2.29. The molecule has 10 aromatic carbocycles. The number of hydrogen-bond donors (Lipinski definition) is 0. The van der Waals surface area contributed by atoms with Crippen LogP contribution in [0.5, 0.6) is 0 Å². The first-order valence-corrected chi connectivity index (χ1v) is 19.2. The first-order valence-electron chi connectivity index (χ1n) is 19.2. The molecule has 0 aliphatic rings. The van der Waals surface area contributed by atoms with Gasteiger partial charge in [0.1, 0.15) is 11.2 Å². The van der Waals surface area contributed by atoms with Gasteiger partial charge >= 0.3 is 0 Å². The van der Waals surface area contributed by atoms with E-state index >= 15 is 0 Å². The Morgan fingerprint density at radius 2 is 0.911 bits per heavy atom. The minimum absolute atomic E-state index is 0.867. The maximum Gasteiger partial charge on any atom is 0.145 e. The molecule has 262 valence electrons. The Kier molecular flexibility index (Phi) is 7.53. The number of nitrogens with zero attached hydrogens (tertiary/aromatic N) is 1. The molecule has 0 N–H and O–H groups in total. The minimum Gasteiger partial charge on any atom is -0.455 e. The van der Waals surface area contributed by atoms with Crippen molar-refractivity contribution in [1.29, 1.82) is 0 Å². The number of benzene rings is 10. The number of furan rings is 1. The molecule has 0 fully saturated rings. The fraction of sp³-hybridized carbons (Fsp3) is 0. The summed E-state index contributed by atoms with van der Waals surface area (Å²) < 4.78 is 6.93. The fourth-order valence-electron chi connectivity index (χ4n) is 8.63. The van der Waals surface area contributed by atoms with E-state index in [1.54, 1.807) is 0 Å². The van der Waals surface area contributed by atoms with Gasteiger partial charge in [-0.25, -0.2) is 0 Å². The largest absolute Gasteiger partial charge is 0.455 e. The molecule has 0 saturated heterocycles.